The van der Waals surface area contributed by atoms with Crippen LogP contribution in [0.5, 0.6) is 5.75 Å². The molecule has 4 bridgehead atoms. The highest BCUT2D eigenvalue weighted by molar-refractivity contribution is 5.39. The van der Waals surface area contributed by atoms with Crippen molar-refractivity contribution in [2.45, 2.75) is 43.8 Å². The number of rotatable bonds is 2. The molecule has 2 saturated carbocycles. The van der Waals surface area contributed by atoms with E-state index in [0.717, 1.165) is 17.6 Å². The quantitative estimate of drug-likeness (QED) is 0.792. The van der Waals surface area contributed by atoms with Gasteiger partial charge in [-0.15, -0.1) is 0 Å². The van der Waals surface area contributed by atoms with Crippen molar-refractivity contribution in [2.75, 3.05) is 7.11 Å². The highest BCUT2D eigenvalue weighted by atomic mass is 16.5. The average Bonchev–Trinajstić information content (AvgIpc) is 2.37. The molecule has 2 aliphatic heterocycles. The monoisotopic (exact) mass is 244 g/mol. The highest BCUT2D eigenvalue weighted by Crippen LogP contribution is 2.58. The summed E-state index contributed by atoms with van der Waals surface area (Å²) in [5.74, 6) is 2.75. The summed E-state index contributed by atoms with van der Waals surface area (Å²) in [6.45, 7) is 0. The summed E-state index contributed by atoms with van der Waals surface area (Å²) in [4.78, 5) is 0. The Labute approximate surface area is 108 Å². The third-order valence-corrected chi connectivity index (χ3v) is 5.09. The van der Waals surface area contributed by atoms with Gasteiger partial charge in [0.15, 0.2) is 0 Å². The van der Waals surface area contributed by atoms with Gasteiger partial charge in [0.1, 0.15) is 5.75 Å². The molecule has 2 unspecified atom stereocenters. The molecule has 2 atom stereocenters. The fourth-order valence-electron chi connectivity index (χ4n) is 4.67. The third kappa shape index (κ3) is 1.45. The molecule has 4 aliphatic rings. The lowest BCUT2D eigenvalue weighted by atomic mass is 9.60. The highest BCUT2D eigenvalue weighted by Gasteiger charge is 2.53. The number of benzene rings is 1. The van der Waals surface area contributed by atoms with Gasteiger partial charge in [0, 0.05) is 5.56 Å². The first kappa shape index (κ1) is 10.9. The molecule has 96 valence electrons. The van der Waals surface area contributed by atoms with Crippen LogP contribution in [0.4, 0.5) is 0 Å². The molecule has 4 fully saturated rings. The largest absolute Gasteiger partial charge is 0.496 e. The lowest BCUT2D eigenvalue weighted by Gasteiger charge is -2.56. The summed E-state index contributed by atoms with van der Waals surface area (Å²) in [5.41, 5.74) is 1.24. The smallest absolute Gasteiger partial charge is 0.124 e. The molecule has 0 amide bonds. The van der Waals surface area contributed by atoms with Gasteiger partial charge >= 0.3 is 0 Å². The van der Waals surface area contributed by atoms with Crippen LogP contribution in [0, 0.1) is 11.8 Å². The molecule has 0 N–H and O–H groups in total. The Morgan fingerprint density at radius 3 is 2.50 bits per heavy atom. The molecule has 1 aromatic carbocycles. The van der Waals surface area contributed by atoms with Crippen molar-refractivity contribution >= 4 is 0 Å². The van der Waals surface area contributed by atoms with E-state index in [2.05, 4.69) is 18.2 Å². The van der Waals surface area contributed by atoms with Crippen LogP contribution in [0.1, 0.15) is 37.7 Å². The molecule has 0 spiro atoms. The molecule has 5 rings (SSSR count). The van der Waals surface area contributed by atoms with E-state index >= 15 is 0 Å². The summed E-state index contributed by atoms with van der Waals surface area (Å²) >= 11 is 0. The van der Waals surface area contributed by atoms with Gasteiger partial charge < -0.3 is 9.47 Å². The summed E-state index contributed by atoms with van der Waals surface area (Å²) in [5, 5.41) is 0. The Morgan fingerprint density at radius 1 is 1.11 bits per heavy atom. The number of hydrogen-bond donors (Lipinski definition) is 0. The molecule has 2 saturated heterocycles. The van der Waals surface area contributed by atoms with E-state index in [-0.39, 0.29) is 5.60 Å². The minimum absolute atomic E-state index is 0.0403. The van der Waals surface area contributed by atoms with E-state index in [1.165, 1.54) is 37.7 Å². The van der Waals surface area contributed by atoms with Crippen LogP contribution in [-0.2, 0) is 10.3 Å². The van der Waals surface area contributed by atoms with E-state index < -0.39 is 0 Å². The third-order valence-electron chi connectivity index (χ3n) is 5.09. The van der Waals surface area contributed by atoms with Gasteiger partial charge in [0.25, 0.3) is 0 Å². The second-order valence-electron chi connectivity index (χ2n) is 6.28. The number of methoxy groups -OCH3 is 1. The fraction of sp³-hybridized carbons (Fsp3) is 0.625. The molecule has 0 aromatic heterocycles. The summed E-state index contributed by atoms with van der Waals surface area (Å²) in [7, 11) is 1.76. The first-order chi connectivity index (χ1) is 8.79. The second-order valence-corrected chi connectivity index (χ2v) is 6.28. The number of para-hydroxylation sites is 1. The molecule has 0 radical (unpaired) electrons. The van der Waals surface area contributed by atoms with Crippen LogP contribution < -0.4 is 4.74 Å². The van der Waals surface area contributed by atoms with Gasteiger partial charge in [-0.2, -0.15) is 0 Å². The second kappa shape index (κ2) is 3.74. The van der Waals surface area contributed by atoms with Crippen LogP contribution in [0.15, 0.2) is 24.3 Å². The summed E-state index contributed by atoms with van der Waals surface area (Å²) in [6.07, 6.45) is 6.89. The van der Waals surface area contributed by atoms with Crippen molar-refractivity contribution in [1.29, 1.82) is 0 Å². The Hall–Kier alpha value is -1.02. The number of ether oxygens (including phenoxy) is 2. The SMILES string of the molecule is COc1ccccc1C12CC3CC(CC(C3)O1)C2. The maximum Gasteiger partial charge on any atom is 0.124 e. The zero-order valence-corrected chi connectivity index (χ0v) is 10.9. The van der Waals surface area contributed by atoms with E-state index in [1.54, 1.807) is 7.11 Å². The van der Waals surface area contributed by atoms with Crippen molar-refractivity contribution in [2.24, 2.45) is 11.8 Å². The van der Waals surface area contributed by atoms with E-state index in [4.69, 9.17) is 9.47 Å². The van der Waals surface area contributed by atoms with Gasteiger partial charge in [0.2, 0.25) is 0 Å². The molecule has 2 heteroatoms. The standard InChI is InChI=1S/C16H20O2/c1-17-15-5-3-2-4-14(15)16-9-11-6-12(10-16)8-13(7-11)18-16/h2-5,11-13H,6-10H2,1H3. The molecular formula is C16H20O2. The van der Waals surface area contributed by atoms with Crippen LogP contribution in [0.25, 0.3) is 0 Å². The fourth-order valence-corrected chi connectivity index (χ4v) is 4.67. The van der Waals surface area contributed by atoms with Crippen LogP contribution in [-0.4, -0.2) is 13.2 Å². The van der Waals surface area contributed by atoms with Gasteiger partial charge in [0.05, 0.1) is 18.8 Å². The maximum absolute atomic E-state index is 6.46. The molecule has 2 nitrogen and oxygen atoms in total. The Balaban J connectivity index is 1.79. The van der Waals surface area contributed by atoms with Crippen molar-refractivity contribution in [1.82, 2.24) is 0 Å². The lowest BCUT2D eigenvalue weighted by molar-refractivity contribution is -0.226. The Bertz CT molecular complexity index is 431. The lowest BCUT2D eigenvalue weighted by Crippen LogP contribution is -2.52. The number of hydrogen-bond acceptors (Lipinski definition) is 2. The van der Waals surface area contributed by atoms with Crippen LogP contribution in [0.3, 0.4) is 0 Å². The van der Waals surface area contributed by atoms with Crippen molar-refractivity contribution < 1.29 is 9.47 Å². The molecule has 1 aromatic rings. The maximum atomic E-state index is 6.46. The van der Waals surface area contributed by atoms with Gasteiger partial charge in [-0.05, 0) is 50.0 Å². The molecular weight excluding hydrogens is 224 g/mol. The Kier molecular flexibility index (Phi) is 2.25. The predicted octanol–water partition coefficient (Wildman–Crippen LogP) is 3.50. The molecule has 2 heterocycles. The summed E-state index contributed by atoms with van der Waals surface area (Å²) in [6, 6.07) is 8.42. The first-order valence-corrected chi connectivity index (χ1v) is 7.10. The minimum atomic E-state index is -0.0403. The molecule has 2 aliphatic carbocycles. The zero-order valence-electron chi connectivity index (χ0n) is 10.9. The van der Waals surface area contributed by atoms with Crippen molar-refractivity contribution in [3.05, 3.63) is 29.8 Å². The van der Waals surface area contributed by atoms with Crippen LogP contribution in [0.2, 0.25) is 0 Å². The summed E-state index contributed by atoms with van der Waals surface area (Å²) < 4.78 is 12.0. The van der Waals surface area contributed by atoms with Crippen LogP contribution >= 0.6 is 0 Å². The van der Waals surface area contributed by atoms with E-state index in [1.807, 2.05) is 6.07 Å². The predicted molar refractivity (Wildman–Crippen MR) is 69.6 cm³/mol. The molecule has 18 heavy (non-hydrogen) atoms. The zero-order chi connectivity index (χ0) is 12.2. The van der Waals surface area contributed by atoms with Crippen molar-refractivity contribution in [3.63, 3.8) is 0 Å². The van der Waals surface area contributed by atoms with Gasteiger partial charge in [-0.3, -0.25) is 0 Å². The first-order valence-electron chi connectivity index (χ1n) is 7.10. The Morgan fingerprint density at radius 2 is 1.83 bits per heavy atom. The normalized spacial score (nSPS) is 41.1. The van der Waals surface area contributed by atoms with Gasteiger partial charge in [-0.25, -0.2) is 0 Å². The minimum Gasteiger partial charge on any atom is -0.496 e. The van der Waals surface area contributed by atoms with E-state index in [9.17, 15) is 0 Å². The van der Waals surface area contributed by atoms with Gasteiger partial charge in [-0.1, -0.05) is 18.2 Å². The topological polar surface area (TPSA) is 18.5 Å². The average molecular weight is 244 g/mol. The van der Waals surface area contributed by atoms with Crippen molar-refractivity contribution in [3.8, 4) is 5.75 Å². The van der Waals surface area contributed by atoms with E-state index in [0.29, 0.717) is 6.10 Å².